The van der Waals surface area contributed by atoms with Crippen LogP contribution in [-0.4, -0.2) is 60.4 Å². The van der Waals surface area contributed by atoms with Gasteiger partial charge in [0.1, 0.15) is 5.54 Å². The van der Waals surface area contributed by atoms with Crippen molar-refractivity contribution in [3.8, 4) is 0 Å². The fourth-order valence-electron chi connectivity index (χ4n) is 3.16. The molecule has 10 heteroatoms. The molecule has 0 saturated carbocycles. The molecule has 1 heterocycles. The van der Waals surface area contributed by atoms with Crippen molar-refractivity contribution in [1.29, 1.82) is 0 Å². The second-order valence-corrected chi connectivity index (χ2v) is 7.45. The number of imide groups is 1. The number of hydrogen-bond acceptors (Lipinski definition) is 3. The number of carbonyl (C=O) groups is 2. The zero-order chi connectivity index (χ0) is 22.5. The van der Waals surface area contributed by atoms with Crippen LogP contribution in [0.15, 0.2) is 29.3 Å². The van der Waals surface area contributed by atoms with Crippen LogP contribution in [0.3, 0.4) is 0 Å². The number of nitrogens with one attached hydrogen (secondary N) is 2. The van der Waals surface area contributed by atoms with Gasteiger partial charge in [0.05, 0.1) is 5.56 Å². The van der Waals surface area contributed by atoms with E-state index in [2.05, 4.69) is 15.6 Å². The van der Waals surface area contributed by atoms with E-state index in [1.54, 1.807) is 25.9 Å². The summed E-state index contributed by atoms with van der Waals surface area (Å²) in [5, 5.41) is 5.85. The van der Waals surface area contributed by atoms with Gasteiger partial charge in [-0.05, 0) is 37.5 Å². The number of benzene rings is 1. The third-order valence-corrected chi connectivity index (χ3v) is 5.17. The molecule has 7 nitrogen and oxygen atoms in total. The number of urea groups is 1. The van der Waals surface area contributed by atoms with Crippen LogP contribution < -0.4 is 10.6 Å². The van der Waals surface area contributed by atoms with Gasteiger partial charge in [-0.3, -0.25) is 14.7 Å². The summed E-state index contributed by atoms with van der Waals surface area (Å²) in [5.74, 6) is 0.337. The van der Waals surface area contributed by atoms with Crippen molar-refractivity contribution < 1.29 is 22.8 Å². The second kappa shape index (κ2) is 9.36. The van der Waals surface area contributed by atoms with E-state index < -0.39 is 17.3 Å². The lowest BCUT2D eigenvalue weighted by molar-refractivity contribution is -0.137. The molecule has 0 aromatic heterocycles. The predicted octanol–water partition coefficient (Wildman–Crippen LogP) is 2.82. The van der Waals surface area contributed by atoms with Crippen molar-refractivity contribution in [3.05, 3.63) is 35.4 Å². The van der Waals surface area contributed by atoms with Crippen LogP contribution in [0.25, 0.3) is 0 Å². The average Bonchev–Trinajstić information content (AvgIpc) is 2.90. The Kier molecular flexibility index (Phi) is 7.33. The number of hydrogen-bond donors (Lipinski definition) is 2. The Hall–Kier alpha value is -2.78. The molecule has 1 saturated heterocycles. The minimum absolute atomic E-state index is 0.223. The molecule has 30 heavy (non-hydrogen) atoms. The second-order valence-electron chi connectivity index (χ2n) is 7.45. The van der Waals surface area contributed by atoms with E-state index in [0.717, 1.165) is 12.1 Å². The lowest BCUT2D eigenvalue weighted by atomic mass is 9.99. The van der Waals surface area contributed by atoms with Crippen LogP contribution in [0.5, 0.6) is 0 Å². The summed E-state index contributed by atoms with van der Waals surface area (Å²) >= 11 is 0. The standard InChI is InChI=1S/C20H28F3N5O2/c1-5-19(2)16(29)28(18(30)26-19)12-6-11-25-17(24-3)27(4)13-14-7-9-15(10-8-14)20(21,22)23/h7-10H,5-6,11-13H2,1-4H3,(H,24,25)(H,26,30). The molecule has 0 spiro atoms. The van der Waals surface area contributed by atoms with Gasteiger partial charge in [-0.15, -0.1) is 0 Å². The third kappa shape index (κ3) is 5.43. The van der Waals surface area contributed by atoms with Crippen LogP contribution in [0, 0.1) is 0 Å². The van der Waals surface area contributed by atoms with Crippen LogP contribution >= 0.6 is 0 Å². The molecule has 1 aromatic carbocycles. The first-order chi connectivity index (χ1) is 14.0. The summed E-state index contributed by atoms with van der Waals surface area (Å²) < 4.78 is 38.0. The molecule has 1 aliphatic rings. The molecule has 2 rings (SSSR count). The van der Waals surface area contributed by atoms with Crippen molar-refractivity contribution in [2.75, 3.05) is 27.2 Å². The van der Waals surface area contributed by atoms with Gasteiger partial charge in [-0.2, -0.15) is 13.2 Å². The Morgan fingerprint density at radius 2 is 1.90 bits per heavy atom. The van der Waals surface area contributed by atoms with Gasteiger partial charge in [0.25, 0.3) is 5.91 Å². The molecule has 1 fully saturated rings. The zero-order valence-electron chi connectivity index (χ0n) is 17.6. The number of rotatable bonds is 7. The lowest BCUT2D eigenvalue weighted by Crippen LogP contribution is -2.43. The van der Waals surface area contributed by atoms with Gasteiger partial charge in [-0.25, -0.2) is 4.79 Å². The number of aliphatic imine (C=N–C) groups is 1. The van der Waals surface area contributed by atoms with Gasteiger partial charge < -0.3 is 15.5 Å². The van der Waals surface area contributed by atoms with Gasteiger partial charge in [-0.1, -0.05) is 19.1 Å². The molecule has 0 bridgehead atoms. The van der Waals surface area contributed by atoms with Crippen molar-refractivity contribution in [2.45, 2.75) is 44.9 Å². The molecule has 3 amide bonds. The van der Waals surface area contributed by atoms with Gasteiger partial charge >= 0.3 is 12.2 Å². The smallest absolute Gasteiger partial charge is 0.356 e. The highest BCUT2D eigenvalue weighted by atomic mass is 19.4. The fourth-order valence-corrected chi connectivity index (χ4v) is 3.16. The predicted molar refractivity (Wildman–Crippen MR) is 108 cm³/mol. The minimum atomic E-state index is -4.36. The van der Waals surface area contributed by atoms with Crippen LogP contribution in [0.1, 0.15) is 37.8 Å². The Morgan fingerprint density at radius 1 is 1.27 bits per heavy atom. The van der Waals surface area contributed by atoms with Crippen LogP contribution in [0.2, 0.25) is 0 Å². The number of guanidine groups is 1. The van der Waals surface area contributed by atoms with Gasteiger partial charge in [0, 0.05) is 33.7 Å². The highest BCUT2D eigenvalue weighted by Gasteiger charge is 2.45. The normalized spacial score (nSPS) is 19.8. The van der Waals surface area contributed by atoms with Gasteiger partial charge in [0.15, 0.2) is 5.96 Å². The minimum Gasteiger partial charge on any atom is -0.356 e. The highest BCUT2D eigenvalue weighted by molar-refractivity contribution is 6.06. The van der Waals surface area contributed by atoms with Crippen molar-refractivity contribution in [2.24, 2.45) is 4.99 Å². The first-order valence-electron chi connectivity index (χ1n) is 9.74. The Bertz CT molecular complexity index is 795. The van der Waals surface area contributed by atoms with E-state index in [4.69, 9.17) is 0 Å². The van der Waals surface area contributed by atoms with E-state index in [1.165, 1.54) is 17.0 Å². The maximum Gasteiger partial charge on any atom is 0.416 e. The third-order valence-electron chi connectivity index (χ3n) is 5.17. The number of alkyl halides is 3. The molecule has 1 atom stereocenters. The fraction of sp³-hybridized carbons (Fsp3) is 0.550. The van der Waals surface area contributed by atoms with Crippen molar-refractivity contribution in [1.82, 2.24) is 20.4 Å². The van der Waals surface area contributed by atoms with E-state index >= 15 is 0 Å². The average molecular weight is 427 g/mol. The summed E-state index contributed by atoms with van der Waals surface area (Å²) in [4.78, 5) is 31.6. The number of amides is 3. The molecule has 2 N–H and O–H groups in total. The topological polar surface area (TPSA) is 77.0 Å². The monoisotopic (exact) mass is 427 g/mol. The summed E-state index contributed by atoms with van der Waals surface area (Å²) in [5.41, 5.74) is -0.815. The molecular weight excluding hydrogens is 399 g/mol. The maximum absolute atomic E-state index is 12.7. The molecule has 0 radical (unpaired) electrons. The van der Waals surface area contributed by atoms with Crippen LogP contribution in [-0.2, 0) is 17.5 Å². The van der Waals surface area contributed by atoms with E-state index in [0.29, 0.717) is 37.5 Å². The zero-order valence-corrected chi connectivity index (χ0v) is 17.6. The number of nitrogens with zero attached hydrogens (tertiary/aromatic N) is 3. The van der Waals surface area contributed by atoms with E-state index in [1.807, 2.05) is 6.92 Å². The highest BCUT2D eigenvalue weighted by Crippen LogP contribution is 2.29. The van der Waals surface area contributed by atoms with E-state index in [-0.39, 0.29) is 18.5 Å². The molecule has 166 valence electrons. The first-order valence-corrected chi connectivity index (χ1v) is 9.74. The quantitative estimate of drug-likeness (QED) is 0.304. The number of halogens is 3. The molecule has 1 unspecified atom stereocenters. The first kappa shape index (κ1) is 23.5. The van der Waals surface area contributed by atoms with Gasteiger partial charge in [0.2, 0.25) is 0 Å². The lowest BCUT2D eigenvalue weighted by Gasteiger charge is -2.23. The summed E-state index contributed by atoms with van der Waals surface area (Å²) in [6.07, 6.45) is -3.30. The van der Waals surface area contributed by atoms with Crippen molar-refractivity contribution in [3.63, 3.8) is 0 Å². The molecule has 0 aliphatic carbocycles. The van der Waals surface area contributed by atoms with E-state index in [9.17, 15) is 22.8 Å². The number of carbonyl (C=O) groups excluding carboxylic acids is 2. The largest absolute Gasteiger partial charge is 0.416 e. The van der Waals surface area contributed by atoms with Crippen LogP contribution in [0.4, 0.5) is 18.0 Å². The van der Waals surface area contributed by atoms with Crippen molar-refractivity contribution >= 4 is 17.9 Å². The maximum atomic E-state index is 12.7. The summed E-state index contributed by atoms with van der Waals surface area (Å²) in [7, 11) is 3.38. The molecule has 1 aromatic rings. The summed E-state index contributed by atoms with van der Waals surface area (Å²) in [6, 6.07) is 4.61. The molecule has 1 aliphatic heterocycles. The molecular formula is C20H28F3N5O2. The summed E-state index contributed by atoms with van der Waals surface area (Å²) in [6.45, 7) is 4.69. The SMILES string of the molecule is CCC1(C)NC(=O)N(CCCNC(=NC)N(C)Cc2ccc(C(F)(F)F)cc2)C1=O. The Balaban J connectivity index is 1.83. The Morgan fingerprint density at radius 3 is 2.40 bits per heavy atom. The Labute approximate surface area is 174 Å².